The largest absolute Gasteiger partial charge is 0.303 e. The van der Waals surface area contributed by atoms with Crippen LogP contribution in [-0.4, -0.2) is 16.8 Å². The van der Waals surface area contributed by atoms with Gasteiger partial charge in [-0.05, 0) is 48.5 Å². The summed E-state index contributed by atoms with van der Waals surface area (Å²) in [5.41, 5.74) is 1.96. The Balaban J connectivity index is 1.87. The van der Waals surface area contributed by atoms with Crippen molar-refractivity contribution in [1.29, 1.82) is 0 Å². The molecule has 1 amide bonds. The molecule has 2 aromatic rings. The SMILES string of the molecule is O=C1CCCC(=O)/C(=C2/C(=O)N(Cc3c(Cl)cccc3Cl)c3ccc(Cl)cc32)S1. The standard InChI is InChI=1S/C21H14Cl3NO3S/c22-11-7-8-16-12(9-11)19(20-17(26)5-2-6-18(27)29-20)21(28)25(16)10-13-14(23)3-1-4-15(13)24/h1,3-4,7-9H,2,5-6,10H2/b20-19-. The molecule has 1 saturated heterocycles. The summed E-state index contributed by atoms with van der Waals surface area (Å²) in [4.78, 5) is 40.0. The Morgan fingerprint density at radius 3 is 2.41 bits per heavy atom. The molecule has 0 spiro atoms. The van der Waals surface area contributed by atoms with E-state index < -0.39 is 0 Å². The summed E-state index contributed by atoms with van der Waals surface area (Å²) in [6, 6.07) is 10.2. The van der Waals surface area contributed by atoms with Crippen molar-refractivity contribution in [1.82, 2.24) is 0 Å². The predicted octanol–water partition coefficient (Wildman–Crippen LogP) is 5.92. The molecule has 0 unspecified atom stereocenters. The van der Waals surface area contributed by atoms with E-state index in [-0.39, 0.29) is 40.2 Å². The second-order valence-electron chi connectivity index (χ2n) is 6.71. The van der Waals surface area contributed by atoms with Gasteiger partial charge in [0.2, 0.25) is 0 Å². The third-order valence-electron chi connectivity index (χ3n) is 4.84. The minimum absolute atomic E-state index is 0.123. The number of hydrogen-bond donors (Lipinski definition) is 0. The van der Waals surface area contributed by atoms with Crippen LogP contribution in [0.3, 0.4) is 0 Å². The number of allylic oxidation sites excluding steroid dienone is 1. The normalized spacial score (nSPS) is 19.6. The van der Waals surface area contributed by atoms with Crippen molar-refractivity contribution in [2.75, 3.05) is 4.90 Å². The zero-order valence-electron chi connectivity index (χ0n) is 15.0. The number of amides is 1. The van der Waals surface area contributed by atoms with Crippen LogP contribution in [0, 0.1) is 0 Å². The first-order chi connectivity index (χ1) is 13.9. The van der Waals surface area contributed by atoms with Crippen LogP contribution in [0.1, 0.15) is 30.4 Å². The van der Waals surface area contributed by atoms with E-state index >= 15 is 0 Å². The van der Waals surface area contributed by atoms with Gasteiger partial charge in [-0.1, -0.05) is 40.9 Å². The van der Waals surface area contributed by atoms with Gasteiger partial charge in [0.1, 0.15) is 0 Å². The number of Topliss-reactive ketones (excluding diaryl/α,β-unsaturated/α-hetero) is 1. The van der Waals surface area contributed by atoms with E-state index in [4.69, 9.17) is 34.8 Å². The molecule has 0 saturated carbocycles. The van der Waals surface area contributed by atoms with Gasteiger partial charge in [0.05, 0.1) is 22.7 Å². The number of carbonyl (C=O) groups is 3. The number of nitrogens with zero attached hydrogens (tertiary/aromatic N) is 1. The average molecular weight is 467 g/mol. The van der Waals surface area contributed by atoms with E-state index in [1.807, 2.05) is 0 Å². The predicted molar refractivity (Wildman–Crippen MR) is 117 cm³/mol. The molecule has 2 aromatic carbocycles. The highest BCUT2D eigenvalue weighted by molar-refractivity contribution is 8.17. The zero-order valence-corrected chi connectivity index (χ0v) is 18.1. The van der Waals surface area contributed by atoms with Crippen LogP contribution in [0.5, 0.6) is 0 Å². The minimum atomic E-state index is -0.371. The fourth-order valence-electron chi connectivity index (χ4n) is 3.44. The third kappa shape index (κ3) is 3.84. The monoisotopic (exact) mass is 465 g/mol. The molecular formula is C21H14Cl3NO3S. The average Bonchev–Trinajstić information content (AvgIpc) is 2.81. The van der Waals surface area contributed by atoms with Crippen LogP contribution in [0.25, 0.3) is 5.57 Å². The second-order valence-corrected chi connectivity index (χ2v) is 9.03. The van der Waals surface area contributed by atoms with Crippen molar-refractivity contribution in [3.05, 3.63) is 67.5 Å². The summed E-state index contributed by atoms with van der Waals surface area (Å²) < 4.78 is 0. The highest BCUT2D eigenvalue weighted by Crippen LogP contribution is 2.45. The highest BCUT2D eigenvalue weighted by Gasteiger charge is 2.38. The first-order valence-electron chi connectivity index (χ1n) is 8.89. The van der Waals surface area contributed by atoms with E-state index in [1.54, 1.807) is 36.4 Å². The highest BCUT2D eigenvalue weighted by atomic mass is 35.5. The summed E-state index contributed by atoms with van der Waals surface area (Å²) in [5, 5.41) is 1.20. The molecule has 0 radical (unpaired) electrons. The molecule has 0 N–H and O–H groups in total. The molecule has 0 aliphatic carbocycles. The molecule has 29 heavy (non-hydrogen) atoms. The lowest BCUT2D eigenvalue weighted by molar-refractivity contribution is -0.116. The van der Waals surface area contributed by atoms with Gasteiger partial charge in [-0.15, -0.1) is 0 Å². The van der Waals surface area contributed by atoms with Crippen LogP contribution in [0.4, 0.5) is 5.69 Å². The molecule has 1 fully saturated rings. The molecule has 4 rings (SSSR count). The fourth-order valence-corrected chi connectivity index (χ4v) is 5.12. The number of benzene rings is 2. The molecule has 2 heterocycles. The number of anilines is 1. The lowest BCUT2D eigenvalue weighted by Gasteiger charge is -2.19. The summed E-state index contributed by atoms with van der Waals surface area (Å²) in [5.74, 6) is -0.573. The quantitative estimate of drug-likeness (QED) is 0.516. The fraction of sp³-hybridized carbons (Fsp3) is 0.190. The van der Waals surface area contributed by atoms with E-state index in [1.165, 1.54) is 4.90 Å². The number of hydrogen-bond acceptors (Lipinski definition) is 4. The van der Waals surface area contributed by atoms with Crippen molar-refractivity contribution in [3.8, 4) is 0 Å². The molecule has 148 valence electrons. The Labute approximate surface area is 186 Å². The summed E-state index contributed by atoms with van der Waals surface area (Å²) in [6.07, 6.45) is 1.02. The maximum absolute atomic E-state index is 13.4. The molecular weight excluding hydrogens is 453 g/mol. The maximum Gasteiger partial charge on any atom is 0.260 e. The van der Waals surface area contributed by atoms with Gasteiger partial charge in [0.15, 0.2) is 10.9 Å². The topological polar surface area (TPSA) is 54.5 Å². The number of carbonyl (C=O) groups excluding carboxylic acids is 3. The van der Waals surface area contributed by atoms with E-state index in [0.717, 1.165) is 11.8 Å². The summed E-state index contributed by atoms with van der Waals surface area (Å²) in [6.45, 7) is 0.134. The maximum atomic E-state index is 13.4. The number of fused-ring (bicyclic) bond motifs is 1. The van der Waals surface area contributed by atoms with Gasteiger partial charge in [0, 0.05) is 39.0 Å². The smallest absolute Gasteiger partial charge is 0.260 e. The van der Waals surface area contributed by atoms with Crippen molar-refractivity contribution in [2.24, 2.45) is 0 Å². The van der Waals surface area contributed by atoms with Crippen molar-refractivity contribution in [2.45, 2.75) is 25.8 Å². The van der Waals surface area contributed by atoms with Gasteiger partial charge < -0.3 is 4.90 Å². The molecule has 0 aromatic heterocycles. The van der Waals surface area contributed by atoms with E-state index in [0.29, 0.717) is 44.7 Å². The molecule has 0 bridgehead atoms. The Bertz CT molecular complexity index is 1080. The zero-order chi connectivity index (χ0) is 20.7. The Morgan fingerprint density at radius 2 is 1.69 bits per heavy atom. The van der Waals surface area contributed by atoms with Gasteiger partial charge in [-0.2, -0.15) is 0 Å². The Kier molecular flexibility index (Phi) is 5.76. The van der Waals surface area contributed by atoms with Crippen LogP contribution >= 0.6 is 46.6 Å². The van der Waals surface area contributed by atoms with Crippen LogP contribution < -0.4 is 4.90 Å². The number of ketones is 1. The molecule has 4 nitrogen and oxygen atoms in total. The molecule has 0 atom stereocenters. The van der Waals surface area contributed by atoms with Crippen LogP contribution in [0.2, 0.25) is 15.1 Å². The number of thioether (sulfide) groups is 1. The molecule has 8 heteroatoms. The van der Waals surface area contributed by atoms with Crippen LogP contribution in [-0.2, 0) is 20.9 Å². The summed E-state index contributed by atoms with van der Waals surface area (Å²) in [7, 11) is 0. The first kappa shape index (κ1) is 20.5. The van der Waals surface area contributed by atoms with Crippen molar-refractivity contribution >= 4 is 74.6 Å². The Morgan fingerprint density at radius 1 is 0.966 bits per heavy atom. The number of halogens is 3. The van der Waals surface area contributed by atoms with E-state index in [9.17, 15) is 14.4 Å². The van der Waals surface area contributed by atoms with Gasteiger partial charge in [-0.3, -0.25) is 14.4 Å². The third-order valence-corrected chi connectivity index (χ3v) is 6.85. The second kappa shape index (κ2) is 8.15. The van der Waals surface area contributed by atoms with Crippen LogP contribution in [0.15, 0.2) is 41.3 Å². The Hall–Kier alpha value is -1.79. The lowest BCUT2D eigenvalue weighted by Crippen LogP contribution is -2.26. The number of rotatable bonds is 2. The summed E-state index contributed by atoms with van der Waals surface area (Å²) >= 11 is 19.6. The van der Waals surface area contributed by atoms with Gasteiger partial charge in [0.25, 0.3) is 5.91 Å². The minimum Gasteiger partial charge on any atom is -0.303 e. The molecule has 2 aliphatic heterocycles. The van der Waals surface area contributed by atoms with Crippen molar-refractivity contribution in [3.63, 3.8) is 0 Å². The molecule has 2 aliphatic rings. The van der Waals surface area contributed by atoms with Gasteiger partial charge in [-0.25, -0.2) is 0 Å². The lowest BCUT2D eigenvalue weighted by atomic mass is 10.0. The van der Waals surface area contributed by atoms with E-state index in [2.05, 4.69) is 0 Å². The van der Waals surface area contributed by atoms with Crippen molar-refractivity contribution < 1.29 is 14.4 Å². The van der Waals surface area contributed by atoms with Gasteiger partial charge >= 0.3 is 0 Å². The first-order valence-corrected chi connectivity index (χ1v) is 10.8.